The standard InChI is InChI=1S/C17H21BrO2/c1-10-7-15(20-11(2)19)13(8-14(10)18)16(3)6-5-12-9-17(12,16)4/h7-8,12H,5-6,9H2,1-4H3. The third-order valence-corrected chi connectivity index (χ3v) is 6.63. The molecule has 0 heterocycles. The minimum atomic E-state index is -0.243. The number of benzene rings is 1. The molecule has 0 aliphatic heterocycles. The molecule has 3 rings (SSSR count). The molecule has 3 unspecified atom stereocenters. The molecular formula is C17H21BrO2. The van der Waals surface area contributed by atoms with Crippen molar-refractivity contribution in [2.45, 2.75) is 52.4 Å². The van der Waals surface area contributed by atoms with Gasteiger partial charge in [-0.2, -0.15) is 0 Å². The summed E-state index contributed by atoms with van der Waals surface area (Å²) in [6.07, 6.45) is 3.77. The summed E-state index contributed by atoms with van der Waals surface area (Å²) in [5.74, 6) is 1.35. The quantitative estimate of drug-likeness (QED) is 0.574. The van der Waals surface area contributed by atoms with Crippen LogP contribution in [-0.2, 0) is 10.2 Å². The van der Waals surface area contributed by atoms with Crippen molar-refractivity contribution in [3.05, 3.63) is 27.7 Å². The highest BCUT2D eigenvalue weighted by Crippen LogP contribution is 2.73. The van der Waals surface area contributed by atoms with Crippen LogP contribution in [0.4, 0.5) is 0 Å². The zero-order chi connectivity index (χ0) is 14.7. The van der Waals surface area contributed by atoms with E-state index in [2.05, 4.69) is 35.8 Å². The molecule has 0 saturated heterocycles. The van der Waals surface area contributed by atoms with E-state index >= 15 is 0 Å². The SMILES string of the molecule is CC(=O)Oc1cc(C)c(Br)cc1C1(C)CCC2CC21C. The van der Waals surface area contributed by atoms with Gasteiger partial charge in [0.15, 0.2) is 0 Å². The second kappa shape index (κ2) is 4.33. The van der Waals surface area contributed by atoms with Gasteiger partial charge in [0.2, 0.25) is 0 Å². The number of hydrogen-bond donors (Lipinski definition) is 0. The lowest BCUT2D eigenvalue weighted by Gasteiger charge is -2.35. The summed E-state index contributed by atoms with van der Waals surface area (Å²) < 4.78 is 6.61. The third kappa shape index (κ3) is 1.86. The maximum absolute atomic E-state index is 11.4. The lowest BCUT2D eigenvalue weighted by molar-refractivity contribution is -0.132. The summed E-state index contributed by atoms with van der Waals surface area (Å²) in [6.45, 7) is 8.22. The Morgan fingerprint density at radius 3 is 2.60 bits per heavy atom. The van der Waals surface area contributed by atoms with Crippen LogP contribution >= 0.6 is 15.9 Å². The van der Waals surface area contributed by atoms with Crippen molar-refractivity contribution >= 4 is 21.9 Å². The van der Waals surface area contributed by atoms with E-state index in [0.29, 0.717) is 5.41 Å². The van der Waals surface area contributed by atoms with E-state index in [-0.39, 0.29) is 11.4 Å². The van der Waals surface area contributed by atoms with Crippen molar-refractivity contribution in [2.75, 3.05) is 0 Å². The van der Waals surface area contributed by atoms with Crippen molar-refractivity contribution in [1.29, 1.82) is 0 Å². The van der Waals surface area contributed by atoms with Gasteiger partial charge in [0.1, 0.15) is 5.75 Å². The number of carbonyl (C=O) groups is 1. The van der Waals surface area contributed by atoms with Crippen LogP contribution in [0.3, 0.4) is 0 Å². The molecule has 1 aromatic rings. The number of fused-ring (bicyclic) bond motifs is 1. The Hall–Kier alpha value is -0.830. The monoisotopic (exact) mass is 336 g/mol. The van der Waals surface area contributed by atoms with Gasteiger partial charge in [-0.15, -0.1) is 0 Å². The molecule has 0 radical (unpaired) electrons. The molecule has 0 amide bonds. The Morgan fingerprint density at radius 2 is 2.10 bits per heavy atom. The van der Waals surface area contributed by atoms with Crippen LogP contribution in [0.25, 0.3) is 0 Å². The minimum Gasteiger partial charge on any atom is -0.426 e. The van der Waals surface area contributed by atoms with Crippen molar-refractivity contribution in [2.24, 2.45) is 11.3 Å². The van der Waals surface area contributed by atoms with Gasteiger partial charge in [0, 0.05) is 22.4 Å². The van der Waals surface area contributed by atoms with Gasteiger partial charge in [0.25, 0.3) is 0 Å². The van der Waals surface area contributed by atoms with E-state index in [4.69, 9.17) is 4.74 Å². The molecule has 0 spiro atoms. The predicted octanol–water partition coefficient (Wildman–Crippen LogP) is 4.76. The Labute approximate surface area is 129 Å². The number of carbonyl (C=O) groups excluding carboxylic acids is 1. The summed E-state index contributed by atoms with van der Waals surface area (Å²) in [6, 6.07) is 4.16. The van der Waals surface area contributed by atoms with Crippen molar-refractivity contribution < 1.29 is 9.53 Å². The van der Waals surface area contributed by atoms with Gasteiger partial charge >= 0.3 is 5.97 Å². The maximum Gasteiger partial charge on any atom is 0.308 e. The zero-order valence-corrected chi connectivity index (χ0v) is 14.1. The Morgan fingerprint density at radius 1 is 1.40 bits per heavy atom. The van der Waals surface area contributed by atoms with Crippen LogP contribution in [-0.4, -0.2) is 5.97 Å². The maximum atomic E-state index is 11.4. The first-order valence-electron chi connectivity index (χ1n) is 7.27. The number of ether oxygens (including phenoxy) is 1. The van der Waals surface area contributed by atoms with E-state index in [9.17, 15) is 4.79 Å². The highest BCUT2D eigenvalue weighted by atomic mass is 79.9. The number of halogens is 1. The zero-order valence-electron chi connectivity index (χ0n) is 12.5. The van der Waals surface area contributed by atoms with Crippen LogP contribution in [0.15, 0.2) is 16.6 Å². The molecule has 2 nitrogen and oxygen atoms in total. The van der Waals surface area contributed by atoms with E-state index in [1.165, 1.54) is 31.7 Å². The topological polar surface area (TPSA) is 26.3 Å². The predicted molar refractivity (Wildman–Crippen MR) is 83.0 cm³/mol. The molecule has 20 heavy (non-hydrogen) atoms. The number of rotatable bonds is 2. The van der Waals surface area contributed by atoms with Crippen LogP contribution in [0, 0.1) is 18.3 Å². The summed E-state index contributed by atoms with van der Waals surface area (Å²) in [5, 5.41) is 0. The fraction of sp³-hybridized carbons (Fsp3) is 0.588. The largest absolute Gasteiger partial charge is 0.426 e. The molecule has 2 aliphatic rings. The molecule has 2 saturated carbocycles. The third-order valence-electron chi connectivity index (χ3n) is 5.77. The van der Waals surface area contributed by atoms with Crippen molar-refractivity contribution in [1.82, 2.24) is 0 Å². The fourth-order valence-corrected chi connectivity index (χ4v) is 4.41. The Kier molecular flexibility index (Phi) is 3.06. The smallest absolute Gasteiger partial charge is 0.308 e. The van der Waals surface area contributed by atoms with Gasteiger partial charge in [-0.05, 0) is 55.2 Å². The minimum absolute atomic E-state index is 0.110. The number of aryl methyl sites for hydroxylation is 1. The average molecular weight is 337 g/mol. The first-order chi connectivity index (χ1) is 9.28. The van der Waals surface area contributed by atoms with Gasteiger partial charge in [0.05, 0.1) is 0 Å². The second-order valence-corrected chi connectivity index (χ2v) is 7.73. The van der Waals surface area contributed by atoms with Crippen LogP contribution < -0.4 is 4.74 Å². The molecule has 0 bridgehead atoms. The molecule has 1 aromatic carbocycles. The van der Waals surface area contributed by atoms with Gasteiger partial charge in [-0.25, -0.2) is 0 Å². The Balaban J connectivity index is 2.12. The first-order valence-corrected chi connectivity index (χ1v) is 8.06. The van der Waals surface area contributed by atoms with Crippen LogP contribution in [0.2, 0.25) is 0 Å². The molecule has 2 aliphatic carbocycles. The van der Waals surface area contributed by atoms with Crippen molar-refractivity contribution in [3.8, 4) is 5.75 Å². The molecule has 0 aromatic heterocycles. The van der Waals surface area contributed by atoms with Gasteiger partial charge < -0.3 is 4.74 Å². The summed E-state index contributed by atoms with van der Waals surface area (Å²) in [4.78, 5) is 11.4. The van der Waals surface area contributed by atoms with Crippen molar-refractivity contribution in [3.63, 3.8) is 0 Å². The lowest BCUT2D eigenvalue weighted by Crippen LogP contribution is -2.30. The normalized spacial score (nSPS) is 34.8. The average Bonchev–Trinajstić information content (AvgIpc) is 2.96. The van der Waals surface area contributed by atoms with Crippen LogP contribution in [0.1, 0.15) is 51.2 Å². The lowest BCUT2D eigenvalue weighted by atomic mass is 9.70. The Bertz CT molecular complexity index is 593. The summed E-state index contributed by atoms with van der Waals surface area (Å²) >= 11 is 3.63. The second-order valence-electron chi connectivity index (χ2n) is 6.88. The first kappa shape index (κ1) is 14.1. The highest BCUT2D eigenvalue weighted by molar-refractivity contribution is 9.10. The molecular weight excluding hydrogens is 316 g/mol. The molecule has 0 N–H and O–H groups in total. The van der Waals surface area contributed by atoms with Crippen LogP contribution in [0.5, 0.6) is 5.75 Å². The fourth-order valence-electron chi connectivity index (χ4n) is 4.07. The highest BCUT2D eigenvalue weighted by Gasteiger charge is 2.66. The molecule has 108 valence electrons. The molecule has 3 heteroatoms. The summed E-state index contributed by atoms with van der Waals surface area (Å²) in [5.41, 5.74) is 2.77. The van der Waals surface area contributed by atoms with E-state index in [0.717, 1.165) is 21.7 Å². The number of hydrogen-bond acceptors (Lipinski definition) is 2. The summed E-state index contributed by atoms with van der Waals surface area (Å²) in [7, 11) is 0. The van der Waals surface area contributed by atoms with Gasteiger partial charge in [-0.3, -0.25) is 4.79 Å². The molecule has 3 atom stereocenters. The van der Waals surface area contributed by atoms with E-state index < -0.39 is 0 Å². The number of esters is 1. The molecule has 2 fully saturated rings. The van der Waals surface area contributed by atoms with E-state index in [1.54, 1.807) is 0 Å². The van der Waals surface area contributed by atoms with Gasteiger partial charge in [-0.1, -0.05) is 29.8 Å². The van der Waals surface area contributed by atoms with E-state index in [1.807, 2.05) is 13.0 Å².